The van der Waals surface area contributed by atoms with Gasteiger partial charge in [0.2, 0.25) is 0 Å². The zero-order chi connectivity index (χ0) is 20.1. The molecule has 4 rings (SSSR count). The largest absolute Gasteiger partial charge is 0.410 e. The molecule has 0 spiro atoms. The Morgan fingerprint density at radius 2 is 1.86 bits per heavy atom. The second-order valence-corrected chi connectivity index (χ2v) is 15.0. The lowest BCUT2D eigenvalue weighted by molar-refractivity contribution is 0.122. The van der Waals surface area contributed by atoms with Crippen molar-refractivity contribution in [1.29, 1.82) is 0 Å². The van der Waals surface area contributed by atoms with Crippen LogP contribution in [0.4, 0.5) is 16.6 Å². The monoisotopic (exact) mass is 421 g/mol. The summed E-state index contributed by atoms with van der Waals surface area (Å²) in [7, 11) is -1.75. The van der Waals surface area contributed by atoms with Crippen molar-refractivity contribution >= 4 is 46.6 Å². The number of thiazole rings is 1. The molecule has 0 aliphatic carbocycles. The Bertz CT molecular complexity index is 854. The smallest absolute Gasteiger partial charge is 0.192 e. The normalized spacial score (nSPS) is 19.3. The molecule has 2 N–H and O–H groups in total. The predicted molar refractivity (Wildman–Crippen MR) is 119 cm³/mol. The van der Waals surface area contributed by atoms with Crippen LogP contribution in [0.3, 0.4) is 0 Å². The maximum absolute atomic E-state index is 6.50. The first-order valence-corrected chi connectivity index (χ1v) is 13.7. The summed E-state index contributed by atoms with van der Waals surface area (Å²) in [6.45, 7) is 16.4. The number of hydrogen-bond acceptors (Lipinski definition) is 8. The van der Waals surface area contributed by atoms with Crippen LogP contribution < -0.4 is 15.5 Å². The minimum absolute atomic E-state index is 0.222. The standard InChI is InChI=1S/C19H31N5O2SSi/c1-19(2,3)28(4,5)26-13-11-24(12-13)17-14(20)10-15-16(21-17)22-18(27-15)23-6-8-25-9-7-23/h10,13H,6-9,11-12,20H2,1-5H3. The van der Waals surface area contributed by atoms with E-state index >= 15 is 0 Å². The van der Waals surface area contributed by atoms with E-state index in [9.17, 15) is 0 Å². The molecule has 2 aliphatic rings. The molecule has 0 bridgehead atoms. The molecule has 9 heteroatoms. The molecule has 2 saturated heterocycles. The molecule has 2 aromatic rings. The van der Waals surface area contributed by atoms with Gasteiger partial charge < -0.3 is 24.7 Å². The van der Waals surface area contributed by atoms with Gasteiger partial charge in [-0.2, -0.15) is 4.98 Å². The molecule has 0 aromatic carbocycles. The van der Waals surface area contributed by atoms with E-state index in [2.05, 4.69) is 43.7 Å². The van der Waals surface area contributed by atoms with Gasteiger partial charge in [0.15, 0.2) is 24.9 Å². The molecule has 0 amide bonds. The maximum atomic E-state index is 6.50. The van der Waals surface area contributed by atoms with Crippen LogP contribution in [-0.4, -0.2) is 63.8 Å². The van der Waals surface area contributed by atoms with Crippen molar-refractivity contribution in [2.75, 3.05) is 54.9 Å². The van der Waals surface area contributed by atoms with Crippen molar-refractivity contribution in [3.05, 3.63) is 6.07 Å². The van der Waals surface area contributed by atoms with E-state index in [4.69, 9.17) is 24.9 Å². The number of anilines is 3. The number of ether oxygens (including phenoxy) is 1. The van der Waals surface area contributed by atoms with E-state index in [1.807, 2.05) is 6.07 Å². The van der Waals surface area contributed by atoms with Crippen molar-refractivity contribution in [3.8, 4) is 0 Å². The number of hydrogen-bond donors (Lipinski definition) is 1. The first-order chi connectivity index (χ1) is 13.1. The van der Waals surface area contributed by atoms with Crippen molar-refractivity contribution < 1.29 is 9.16 Å². The Morgan fingerprint density at radius 3 is 2.50 bits per heavy atom. The quantitative estimate of drug-likeness (QED) is 0.759. The highest BCUT2D eigenvalue weighted by Crippen LogP contribution is 2.40. The van der Waals surface area contributed by atoms with Gasteiger partial charge in [0.25, 0.3) is 0 Å². The first kappa shape index (κ1) is 19.9. The Labute approximate surface area is 172 Å². The lowest BCUT2D eigenvalue weighted by Gasteiger charge is -2.47. The summed E-state index contributed by atoms with van der Waals surface area (Å²) in [6.07, 6.45) is 0.261. The van der Waals surface area contributed by atoms with E-state index in [0.717, 1.165) is 66.4 Å². The van der Waals surface area contributed by atoms with Crippen LogP contribution >= 0.6 is 11.3 Å². The minimum Gasteiger partial charge on any atom is -0.410 e. The second-order valence-electron chi connectivity index (χ2n) is 9.22. The van der Waals surface area contributed by atoms with Crippen molar-refractivity contribution in [2.24, 2.45) is 0 Å². The van der Waals surface area contributed by atoms with Crippen molar-refractivity contribution in [3.63, 3.8) is 0 Å². The molecule has 2 fully saturated rings. The van der Waals surface area contributed by atoms with Gasteiger partial charge in [-0.05, 0) is 24.2 Å². The molecule has 0 saturated carbocycles. The fraction of sp³-hybridized carbons (Fsp3) is 0.684. The number of nitrogens with zero attached hydrogens (tertiary/aromatic N) is 4. The fourth-order valence-electron chi connectivity index (χ4n) is 3.28. The van der Waals surface area contributed by atoms with Gasteiger partial charge >= 0.3 is 0 Å². The van der Waals surface area contributed by atoms with Crippen LogP contribution in [0.15, 0.2) is 6.07 Å². The molecule has 154 valence electrons. The van der Waals surface area contributed by atoms with Crippen LogP contribution in [0.2, 0.25) is 18.1 Å². The lowest BCUT2D eigenvalue weighted by atomic mass is 10.1. The number of fused-ring (bicyclic) bond motifs is 1. The van der Waals surface area contributed by atoms with Gasteiger partial charge in [0, 0.05) is 26.2 Å². The van der Waals surface area contributed by atoms with Gasteiger partial charge in [-0.25, -0.2) is 4.98 Å². The Hall–Kier alpha value is -1.42. The summed E-state index contributed by atoms with van der Waals surface area (Å²) < 4.78 is 13.0. The Kier molecular flexibility index (Phi) is 5.05. The fourth-order valence-corrected chi connectivity index (χ4v) is 5.62. The molecule has 2 aliphatic heterocycles. The zero-order valence-corrected chi connectivity index (χ0v) is 19.3. The van der Waals surface area contributed by atoms with Crippen LogP contribution in [-0.2, 0) is 9.16 Å². The summed E-state index contributed by atoms with van der Waals surface area (Å²) in [5.74, 6) is 0.835. The summed E-state index contributed by atoms with van der Waals surface area (Å²) >= 11 is 1.65. The average molecular weight is 422 g/mol. The maximum Gasteiger partial charge on any atom is 0.192 e. The first-order valence-electron chi connectivity index (χ1n) is 9.96. The summed E-state index contributed by atoms with van der Waals surface area (Å²) in [5.41, 5.74) is 7.84. The zero-order valence-electron chi connectivity index (χ0n) is 17.5. The number of rotatable bonds is 4. The summed E-state index contributed by atoms with van der Waals surface area (Å²) in [4.78, 5) is 14.0. The number of nitrogen functional groups attached to an aromatic ring is 1. The molecule has 28 heavy (non-hydrogen) atoms. The van der Waals surface area contributed by atoms with E-state index in [0.29, 0.717) is 0 Å². The second kappa shape index (κ2) is 7.12. The topological polar surface area (TPSA) is 76.7 Å². The van der Waals surface area contributed by atoms with E-state index in [1.165, 1.54) is 0 Å². The lowest BCUT2D eigenvalue weighted by Crippen LogP contribution is -2.58. The van der Waals surface area contributed by atoms with E-state index in [-0.39, 0.29) is 11.1 Å². The van der Waals surface area contributed by atoms with E-state index in [1.54, 1.807) is 11.3 Å². The molecule has 4 heterocycles. The third kappa shape index (κ3) is 3.72. The Morgan fingerprint density at radius 1 is 1.18 bits per heavy atom. The Balaban J connectivity index is 1.47. The van der Waals surface area contributed by atoms with Gasteiger partial charge in [-0.3, -0.25) is 0 Å². The molecule has 0 radical (unpaired) electrons. The van der Waals surface area contributed by atoms with Crippen molar-refractivity contribution in [2.45, 2.75) is 45.0 Å². The number of pyridine rings is 1. The number of nitrogens with two attached hydrogens (primary N) is 1. The molecular weight excluding hydrogens is 390 g/mol. The van der Waals surface area contributed by atoms with Crippen molar-refractivity contribution in [1.82, 2.24) is 9.97 Å². The third-order valence-corrected chi connectivity index (χ3v) is 11.7. The number of aromatic nitrogens is 2. The highest BCUT2D eigenvalue weighted by atomic mass is 32.1. The molecule has 0 atom stereocenters. The molecular formula is C19H31N5O2SSi. The minimum atomic E-state index is -1.75. The summed E-state index contributed by atoms with van der Waals surface area (Å²) in [5, 5.41) is 1.23. The van der Waals surface area contributed by atoms with Gasteiger partial charge in [0.05, 0.1) is 29.7 Å². The number of morpholine rings is 1. The molecule has 2 aromatic heterocycles. The SMILES string of the molecule is CC(C)(C)[Si](C)(C)OC1CN(c2nc3nc(N4CCOCC4)sc3cc2N)C1. The van der Waals surface area contributed by atoms with Crippen LogP contribution in [0.5, 0.6) is 0 Å². The highest BCUT2D eigenvalue weighted by molar-refractivity contribution is 7.22. The molecule has 0 unspecified atom stereocenters. The van der Waals surface area contributed by atoms with Crippen LogP contribution in [0, 0.1) is 0 Å². The van der Waals surface area contributed by atoms with Gasteiger partial charge in [-0.1, -0.05) is 32.1 Å². The highest BCUT2D eigenvalue weighted by Gasteiger charge is 2.42. The molecule has 7 nitrogen and oxygen atoms in total. The predicted octanol–water partition coefficient (Wildman–Crippen LogP) is 3.32. The third-order valence-electron chi connectivity index (χ3n) is 6.08. The van der Waals surface area contributed by atoms with Gasteiger partial charge in [0.1, 0.15) is 0 Å². The van der Waals surface area contributed by atoms with E-state index < -0.39 is 8.32 Å². The van der Waals surface area contributed by atoms with Crippen LogP contribution in [0.25, 0.3) is 10.3 Å². The van der Waals surface area contributed by atoms with Gasteiger partial charge in [-0.15, -0.1) is 0 Å². The average Bonchev–Trinajstić information content (AvgIpc) is 3.00. The summed E-state index contributed by atoms with van der Waals surface area (Å²) in [6, 6.07) is 2.02. The van der Waals surface area contributed by atoms with Crippen LogP contribution in [0.1, 0.15) is 20.8 Å².